The molecule has 7 heteroatoms. The van der Waals surface area contributed by atoms with Crippen molar-refractivity contribution in [3.63, 3.8) is 0 Å². The molecule has 0 bridgehead atoms. The number of carboxylic acids is 1. The van der Waals surface area contributed by atoms with E-state index in [-0.39, 0.29) is 18.0 Å². The van der Waals surface area contributed by atoms with E-state index in [1.807, 2.05) is 29.0 Å². The Morgan fingerprint density at radius 1 is 1.26 bits per heavy atom. The average molecular weight is 497 g/mol. The van der Waals surface area contributed by atoms with Gasteiger partial charge in [0.2, 0.25) is 0 Å². The first kappa shape index (κ1) is 26.4. The second kappa shape index (κ2) is 11.0. The minimum absolute atomic E-state index is 0. The number of benzene rings is 2. The summed E-state index contributed by atoms with van der Waals surface area (Å²) in [7, 11) is 0. The minimum atomic E-state index is -0.990. The molecule has 0 fully saturated rings. The van der Waals surface area contributed by atoms with Crippen LogP contribution in [0.25, 0.3) is 6.08 Å². The van der Waals surface area contributed by atoms with E-state index in [0.717, 1.165) is 42.2 Å². The van der Waals surface area contributed by atoms with Crippen molar-refractivity contribution >= 4 is 24.5 Å². The lowest BCUT2D eigenvalue weighted by Crippen LogP contribution is -2.38. The molecule has 0 amide bonds. The second-order valence-electron chi connectivity index (χ2n) is 9.37. The quantitative estimate of drug-likeness (QED) is 0.391. The number of rotatable bonds is 8. The molecule has 1 aliphatic rings. The molecular formula is C28H33ClN2O4. The lowest BCUT2D eigenvalue weighted by atomic mass is 9.86. The summed E-state index contributed by atoms with van der Waals surface area (Å²) >= 11 is 0. The van der Waals surface area contributed by atoms with Crippen molar-refractivity contribution in [1.29, 1.82) is 0 Å². The number of hydrogen-bond donors (Lipinski definition) is 1. The molecule has 0 spiro atoms. The summed E-state index contributed by atoms with van der Waals surface area (Å²) in [6.07, 6.45) is 10.8. The van der Waals surface area contributed by atoms with Crippen LogP contribution in [0.4, 0.5) is 0 Å². The minimum Gasteiger partial charge on any atom is -0.493 e. The van der Waals surface area contributed by atoms with Crippen molar-refractivity contribution in [3.05, 3.63) is 82.4 Å². The van der Waals surface area contributed by atoms with Crippen LogP contribution in [0.15, 0.2) is 49.1 Å². The number of nitrogens with zero attached hydrogens (tertiary/aromatic N) is 2. The number of aliphatic carboxylic acids is 1. The Bertz CT molecular complexity index is 1220. The highest BCUT2D eigenvalue weighted by Gasteiger charge is 2.33. The Balaban J connectivity index is 0.00000342. The number of carboxylic acid groups (broad SMARTS) is 1. The number of aryl methyl sites for hydroxylation is 2. The molecule has 0 radical (unpaired) electrons. The van der Waals surface area contributed by atoms with Gasteiger partial charge >= 0.3 is 5.97 Å². The van der Waals surface area contributed by atoms with Crippen LogP contribution in [0.2, 0.25) is 0 Å². The van der Waals surface area contributed by atoms with Crippen LogP contribution in [-0.4, -0.2) is 32.8 Å². The van der Waals surface area contributed by atoms with Gasteiger partial charge in [0.25, 0.3) is 0 Å². The van der Waals surface area contributed by atoms with Crippen molar-refractivity contribution in [1.82, 2.24) is 9.55 Å². The zero-order valence-corrected chi connectivity index (χ0v) is 21.5. The molecule has 35 heavy (non-hydrogen) atoms. The van der Waals surface area contributed by atoms with Crippen LogP contribution in [-0.2, 0) is 17.8 Å². The summed E-state index contributed by atoms with van der Waals surface area (Å²) in [6.45, 7) is 9.69. The topological polar surface area (TPSA) is 73.6 Å². The van der Waals surface area contributed by atoms with Gasteiger partial charge in [-0.15, -0.1) is 12.4 Å². The normalized spacial score (nSPS) is 16.9. The SMILES string of the molecule is Cc1cc(C)c2c(c1C)OC(C)(CCOc1cc(Cn3ccnc3)ccc1/C=C/C(=O)O)CC2.Cl. The summed E-state index contributed by atoms with van der Waals surface area (Å²) in [5.41, 5.74) is 6.54. The fourth-order valence-corrected chi connectivity index (χ4v) is 4.49. The Kier molecular flexibility index (Phi) is 8.28. The van der Waals surface area contributed by atoms with E-state index >= 15 is 0 Å². The lowest BCUT2D eigenvalue weighted by Gasteiger charge is -2.37. The number of aromatic nitrogens is 2. The smallest absolute Gasteiger partial charge is 0.328 e. The third kappa shape index (κ3) is 6.25. The first-order chi connectivity index (χ1) is 16.2. The van der Waals surface area contributed by atoms with Crippen molar-refractivity contribution in [2.75, 3.05) is 6.61 Å². The summed E-state index contributed by atoms with van der Waals surface area (Å²) in [6, 6.07) is 8.08. The maximum absolute atomic E-state index is 11.0. The Morgan fingerprint density at radius 2 is 2.06 bits per heavy atom. The molecule has 1 unspecified atom stereocenters. The Morgan fingerprint density at radius 3 is 2.77 bits per heavy atom. The maximum atomic E-state index is 11.0. The van der Waals surface area contributed by atoms with Gasteiger partial charge in [0, 0.05) is 37.0 Å². The second-order valence-corrected chi connectivity index (χ2v) is 9.37. The monoisotopic (exact) mass is 496 g/mol. The number of carbonyl (C=O) groups is 1. The third-order valence-corrected chi connectivity index (χ3v) is 6.66. The predicted molar refractivity (Wildman–Crippen MR) is 140 cm³/mol. The molecule has 2 heterocycles. The van der Waals surface area contributed by atoms with Gasteiger partial charge < -0.3 is 19.1 Å². The van der Waals surface area contributed by atoms with Crippen LogP contribution < -0.4 is 9.47 Å². The summed E-state index contributed by atoms with van der Waals surface area (Å²) in [5, 5.41) is 9.06. The van der Waals surface area contributed by atoms with Crippen molar-refractivity contribution in [2.45, 2.75) is 59.1 Å². The highest BCUT2D eigenvalue weighted by molar-refractivity contribution is 5.86. The van der Waals surface area contributed by atoms with Gasteiger partial charge in [-0.2, -0.15) is 0 Å². The van der Waals surface area contributed by atoms with Crippen LogP contribution in [0.1, 0.15) is 53.1 Å². The van der Waals surface area contributed by atoms with Crippen LogP contribution >= 0.6 is 12.4 Å². The van der Waals surface area contributed by atoms with Gasteiger partial charge in [-0.3, -0.25) is 0 Å². The molecule has 4 rings (SSSR count). The number of imidazole rings is 1. The maximum Gasteiger partial charge on any atom is 0.328 e. The number of fused-ring (bicyclic) bond motifs is 1. The van der Waals surface area contributed by atoms with Crippen LogP contribution in [0.3, 0.4) is 0 Å². The van der Waals surface area contributed by atoms with E-state index in [4.69, 9.17) is 14.6 Å². The van der Waals surface area contributed by atoms with Crippen LogP contribution in [0, 0.1) is 20.8 Å². The largest absolute Gasteiger partial charge is 0.493 e. The van der Waals surface area contributed by atoms with Gasteiger partial charge in [0.1, 0.15) is 17.1 Å². The first-order valence-electron chi connectivity index (χ1n) is 11.7. The number of hydrogen-bond acceptors (Lipinski definition) is 4. The third-order valence-electron chi connectivity index (χ3n) is 6.66. The summed E-state index contributed by atoms with van der Waals surface area (Å²) in [4.78, 5) is 15.1. The van der Waals surface area contributed by atoms with E-state index in [0.29, 0.717) is 18.9 Å². The molecule has 0 saturated carbocycles. The molecule has 1 atom stereocenters. The lowest BCUT2D eigenvalue weighted by molar-refractivity contribution is -0.131. The van der Waals surface area contributed by atoms with Gasteiger partial charge in [-0.05, 0) is 80.5 Å². The van der Waals surface area contributed by atoms with Crippen molar-refractivity contribution in [3.8, 4) is 11.5 Å². The summed E-state index contributed by atoms with van der Waals surface area (Å²) < 4.78 is 14.8. The van der Waals surface area contributed by atoms with Crippen LogP contribution in [0.5, 0.6) is 11.5 Å². The fourth-order valence-electron chi connectivity index (χ4n) is 4.49. The standard InChI is InChI=1S/C28H32N2O4.ClH/c1-19-15-20(2)24-9-10-28(4,34-27(24)21(19)3)11-14-33-25-16-22(17-30-13-12-29-18-30)5-6-23(25)7-8-26(31)32;/h5-8,12-13,15-16,18H,9-11,14,17H2,1-4H3,(H,31,32);1H/b8-7+;. The van der Waals surface area contributed by atoms with E-state index < -0.39 is 5.97 Å². The first-order valence-corrected chi connectivity index (χ1v) is 11.7. The van der Waals surface area contributed by atoms with Gasteiger partial charge in [-0.1, -0.05) is 18.2 Å². The van der Waals surface area contributed by atoms with Gasteiger partial charge in [0.15, 0.2) is 0 Å². The fraction of sp³-hybridized carbons (Fsp3) is 0.357. The Hall–Kier alpha value is -3.25. The molecule has 1 N–H and O–H groups in total. The average Bonchev–Trinajstić information content (AvgIpc) is 3.30. The van der Waals surface area contributed by atoms with Gasteiger partial charge in [0.05, 0.1) is 12.9 Å². The molecular weight excluding hydrogens is 464 g/mol. The molecule has 6 nitrogen and oxygen atoms in total. The van der Waals surface area contributed by atoms with E-state index in [1.54, 1.807) is 18.6 Å². The van der Waals surface area contributed by atoms with E-state index in [2.05, 4.69) is 38.7 Å². The molecule has 2 aromatic carbocycles. The van der Waals surface area contributed by atoms with E-state index in [9.17, 15) is 4.79 Å². The highest BCUT2D eigenvalue weighted by Crippen LogP contribution is 2.40. The van der Waals surface area contributed by atoms with Crippen molar-refractivity contribution < 1.29 is 19.4 Å². The molecule has 1 aliphatic heterocycles. The molecule has 3 aromatic rings. The number of halogens is 1. The Labute approximate surface area is 213 Å². The molecule has 0 aliphatic carbocycles. The number of ether oxygens (including phenoxy) is 2. The van der Waals surface area contributed by atoms with E-state index in [1.165, 1.54) is 22.3 Å². The van der Waals surface area contributed by atoms with Gasteiger partial charge in [-0.25, -0.2) is 9.78 Å². The molecule has 0 saturated heterocycles. The summed E-state index contributed by atoms with van der Waals surface area (Å²) in [5.74, 6) is 0.702. The van der Waals surface area contributed by atoms with Crippen molar-refractivity contribution in [2.24, 2.45) is 0 Å². The highest BCUT2D eigenvalue weighted by atomic mass is 35.5. The zero-order valence-electron chi connectivity index (χ0n) is 20.7. The molecule has 1 aromatic heterocycles. The zero-order chi connectivity index (χ0) is 24.3. The predicted octanol–water partition coefficient (Wildman–Crippen LogP) is 5.93. The molecule has 186 valence electrons.